The van der Waals surface area contributed by atoms with E-state index >= 15 is 0 Å². The van der Waals surface area contributed by atoms with Crippen LogP contribution < -0.4 is 5.32 Å². The molecule has 32 heavy (non-hydrogen) atoms. The minimum atomic E-state index is -5.08. The molecule has 13 heteroatoms. The summed E-state index contributed by atoms with van der Waals surface area (Å²) in [7, 11) is 3.74. The summed E-state index contributed by atoms with van der Waals surface area (Å²) in [6, 6.07) is 0.336. The summed E-state index contributed by atoms with van der Waals surface area (Å²) in [6.07, 6.45) is 4.40. The smallest absolute Gasteiger partial charge is 0.475 e. The highest BCUT2D eigenvalue weighted by Crippen LogP contribution is 2.30. The van der Waals surface area contributed by atoms with Crippen LogP contribution >= 0.6 is 0 Å². The van der Waals surface area contributed by atoms with Crippen molar-refractivity contribution in [1.29, 1.82) is 0 Å². The number of amides is 1. The second kappa shape index (κ2) is 9.69. The van der Waals surface area contributed by atoms with Crippen LogP contribution in [0.25, 0.3) is 0 Å². The van der Waals surface area contributed by atoms with Crippen molar-refractivity contribution in [3.05, 3.63) is 35.9 Å². The van der Waals surface area contributed by atoms with Gasteiger partial charge in [0.25, 0.3) is 5.91 Å². The summed E-state index contributed by atoms with van der Waals surface area (Å²) in [5.74, 6) is -2.85. The number of hydrogen-bond acceptors (Lipinski definition) is 6. The molecular formula is C19H25F3N6O4. The summed E-state index contributed by atoms with van der Waals surface area (Å²) < 4.78 is 41.2. The van der Waals surface area contributed by atoms with Crippen molar-refractivity contribution in [1.82, 2.24) is 29.8 Å². The number of fused-ring (bicyclic) bond motifs is 1. The van der Waals surface area contributed by atoms with Crippen LogP contribution in [-0.4, -0.2) is 79.0 Å². The predicted octanol–water partition coefficient (Wildman–Crippen LogP) is 0.949. The van der Waals surface area contributed by atoms with E-state index in [1.54, 1.807) is 17.1 Å². The first-order valence-electron chi connectivity index (χ1n) is 9.97. The number of carbonyl (C=O) groups is 2. The highest BCUT2D eigenvalue weighted by molar-refractivity contribution is 5.94. The Morgan fingerprint density at radius 1 is 1.22 bits per heavy atom. The number of ether oxygens (including phenoxy) is 1. The van der Waals surface area contributed by atoms with Crippen LogP contribution in [0.4, 0.5) is 13.2 Å². The van der Waals surface area contributed by atoms with Gasteiger partial charge in [0.1, 0.15) is 0 Å². The quantitative estimate of drug-likeness (QED) is 0.701. The number of aromatic nitrogens is 4. The number of aryl methyl sites for hydroxylation is 2. The average molecular weight is 458 g/mol. The third kappa shape index (κ3) is 5.85. The van der Waals surface area contributed by atoms with Crippen LogP contribution in [0.1, 0.15) is 28.8 Å². The molecule has 3 atom stereocenters. The lowest BCUT2D eigenvalue weighted by molar-refractivity contribution is -0.192. The molecule has 0 unspecified atom stereocenters. The molecule has 2 aliphatic heterocycles. The molecule has 0 saturated carbocycles. The molecule has 176 valence electrons. The Kier molecular flexibility index (Phi) is 7.19. The van der Waals surface area contributed by atoms with Crippen molar-refractivity contribution < 1.29 is 32.6 Å². The lowest BCUT2D eigenvalue weighted by Crippen LogP contribution is -2.47. The standard InChI is InChI=1S/C17H24N6O2.C2HF3O2/c1-21-8-12(6-18-21)9-23-11-14(16-15(23)4-3-5-25-16)20-17(24)13-7-19-22(2)10-13;3-2(4,5)1(6)7/h6-8,10,14-16H,3-5,9,11H2,1-2H3,(H,20,24);(H,6,7)/t14-,15-,16-;/m1./s1. The Labute approximate surface area is 181 Å². The predicted molar refractivity (Wildman–Crippen MR) is 105 cm³/mol. The van der Waals surface area contributed by atoms with E-state index in [9.17, 15) is 18.0 Å². The Balaban J connectivity index is 0.000000360. The normalized spacial score (nSPS) is 23.2. The van der Waals surface area contributed by atoms with Crippen LogP contribution in [0.15, 0.2) is 24.8 Å². The fraction of sp³-hybridized carbons (Fsp3) is 0.579. The minimum absolute atomic E-state index is 0.00493. The maximum absolute atomic E-state index is 12.5. The fourth-order valence-electron chi connectivity index (χ4n) is 3.94. The number of carboxylic acids is 1. The SMILES string of the molecule is Cn1cc(CN2C[C@@H](NC(=O)c3cnn(C)c3)[C@H]3OCCC[C@H]32)cn1.O=C(O)C(F)(F)F. The zero-order chi connectivity index (χ0) is 23.5. The second-order valence-corrected chi connectivity index (χ2v) is 7.78. The van der Waals surface area contributed by atoms with Gasteiger partial charge in [0.05, 0.1) is 30.1 Å². The molecule has 0 aromatic carbocycles. The van der Waals surface area contributed by atoms with Gasteiger partial charge in [-0.2, -0.15) is 23.4 Å². The van der Waals surface area contributed by atoms with Crippen LogP contribution in [0, 0.1) is 0 Å². The first-order valence-corrected chi connectivity index (χ1v) is 9.97. The summed E-state index contributed by atoms with van der Waals surface area (Å²) in [6.45, 7) is 2.38. The van der Waals surface area contributed by atoms with Gasteiger partial charge in [-0.1, -0.05) is 0 Å². The Morgan fingerprint density at radius 2 is 1.88 bits per heavy atom. The number of rotatable bonds is 4. The van der Waals surface area contributed by atoms with E-state index < -0.39 is 12.1 Å². The third-order valence-electron chi connectivity index (χ3n) is 5.30. The van der Waals surface area contributed by atoms with Crippen molar-refractivity contribution in [2.75, 3.05) is 13.2 Å². The van der Waals surface area contributed by atoms with Gasteiger partial charge in [0.15, 0.2) is 0 Å². The summed E-state index contributed by atoms with van der Waals surface area (Å²) in [5.41, 5.74) is 1.77. The van der Waals surface area contributed by atoms with Crippen LogP contribution in [0.3, 0.4) is 0 Å². The molecule has 1 amide bonds. The molecule has 0 bridgehead atoms. The van der Waals surface area contributed by atoms with Gasteiger partial charge in [-0.15, -0.1) is 0 Å². The number of nitrogens with one attached hydrogen (secondary N) is 1. The van der Waals surface area contributed by atoms with Crippen LogP contribution in [-0.2, 0) is 30.2 Å². The number of hydrogen-bond donors (Lipinski definition) is 2. The first kappa shape index (κ1) is 23.7. The highest BCUT2D eigenvalue weighted by Gasteiger charge is 2.44. The molecule has 4 rings (SSSR count). The molecule has 0 radical (unpaired) electrons. The van der Waals surface area contributed by atoms with Gasteiger partial charge in [-0.25, -0.2) is 4.79 Å². The number of halogens is 3. The Morgan fingerprint density at radius 3 is 2.44 bits per heavy atom. The molecule has 10 nitrogen and oxygen atoms in total. The van der Waals surface area contributed by atoms with E-state index in [1.807, 2.05) is 31.2 Å². The van der Waals surface area contributed by atoms with E-state index in [0.29, 0.717) is 11.6 Å². The second-order valence-electron chi connectivity index (χ2n) is 7.78. The highest BCUT2D eigenvalue weighted by atomic mass is 19.4. The Bertz CT molecular complexity index is 944. The first-order chi connectivity index (χ1) is 15.0. The fourth-order valence-corrected chi connectivity index (χ4v) is 3.94. The maximum Gasteiger partial charge on any atom is 0.490 e. The average Bonchev–Trinajstić information content (AvgIpc) is 3.42. The van der Waals surface area contributed by atoms with Gasteiger partial charge in [-0.3, -0.25) is 19.1 Å². The Hall–Kier alpha value is -2.93. The van der Waals surface area contributed by atoms with Crippen molar-refractivity contribution in [3.63, 3.8) is 0 Å². The van der Waals surface area contributed by atoms with Crippen molar-refractivity contribution in [2.45, 2.75) is 43.8 Å². The van der Waals surface area contributed by atoms with Crippen LogP contribution in [0.5, 0.6) is 0 Å². The third-order valence-corrected chi connectivity index (χ3v) is 5.30. The molecule has 0 spiro atoms. The zero-order valence-corrected chi connectivity index (χ0v) is 17.6. The molecule has 2 saturated heterocycles. The van der Waals surface area contributed by atoms with E-state index in [2.05, 4.69) is 20.4 Å². The topological polar surface area (TPSA) is 115 Å². The minimum Gasteiger partial charge on any atom is -0.475 e. The molecule has 2 aromatic heterocycles. The van der Waals surface area contributed by atoms with Crippen LogP contribution in [0.2, 0.25) is 0 Å². The lowest BCUT2D eigenvalue weighted by Gasteiger charge is -2.32. The van der Waals surface area contributed by atoms with Gasteiger partial charge < -0.3 is 15.2 Å². The van der Waals surface area contributed by atoms with Gasteiger partial charge >= 0.3 is 12.1 Å². The summed E-state index contributed by atoms with van der Waals surface area (Å²) in [4.78, 5) is 23.8. The summed E-state index contributed by atoms with van der Waals surface area (Å²) in [5, 5.41) is 18.6. The molecular weight excluding hydrogens is 433 g/mol. The summed E-state index contributed by atoms with van der Waals surface area (Å²) >= 11 is 0. The van der Waals surface area contributed by atoms with Crippen molar-refractivity contribution in [3.8, 4) is 0 Å². The molecule has 2 N–H and O–H groups in total. The molecule has 2 aromatic rings. The number of nitrogens with zero attached hydrogens (tertiary/aromatic N) is 5. The molecule has 0 aliphatic carbocycles. The molecule has 4 heterocycles. The maximum atomic E-state index is 12.5. The van der Waals surface area contributed by atoms with E-state index in [-0.39, 0.29) is 18.1 Å². The largest absolute Gasteiger partial charge is 0.490 e. The number of carbonyl (C=O) groups excluding carboxylic acids is 1. The van der Waals surface area contributed by atoms with Crippen molar-refractivity contribution >= 4 is 11.9 Å². The molecule has 2 aliphatic rings. The van der Waals surface area contributed by atoms with Crippen molar-refractivity contribution in [2.24, 2.45) is 14.1 Å². The zero-order valence-electron chi connectivity index (χ0n) is 17.6. The number of aliphatic carboxylic acids is 1. The van der Waals surface area contributed by atoms with Gasteiger partial charge in [0.2, 0.25) is 0 Å². The molecule has 2 fully saturated rings. The number of likely N-dealkylation sites (tertiary alicyclic amines) is 1. The van der Waals surface area contributed by atoms with E-state index in [1.165, 1.54) is 5.56 Å². The number of carboxylic acid groups (broad SMARTS) is 1. The monoisotopic (exact) mass is 458 g/mol. The lowest BCUT2D eigenvalue weighted by atomic mass is 10.0. The van der Waals surface area contributed by atoms with Gasteiger partial charge in [-0.05, 0) is 12.8 Å². The van der Waals surface area contributed by atoms with E-state index in [4.69, 9.17) is 14.6 Å². The van der Waals surface area contributed by atoms with Gasteiger partial charge in [0, 0.05) is 57.8 Å². The van der Waals surface area contributed by atoms with E-state index in [0.717, 1.165) is 32.5 Å². The number of alkyl halides is 3.